The van der Waals surface area contributed by atoms with Crippen LogP contribution in [0.15, 0.2) is 0 Å². The summed E-state index contributed by atoms with van der Waals surface area (Å²) in [7, 11) is -3.77. The van der Waals surface area contributed by atoms with Gasteiger partial charge in [0.15, 0.2) is 0 Å². The zero-order chi connectivity index (χ0) is 10.2. The third-order valence-corrected chi connectivity index (χ3v) is 2.71. The normalized spacial score (nSPS) is 12.0. The van der Waals surface area contributed by atoms with Crippen LogP contribution in [0.3, 0.4) is 0 Å². The smallest absolute Gasteiger partial charge is 0.390 e. The quantitative estimate of drug-likeness (QED) is 0.250. The molecule has 0 spiro atoms. The molecular formula is C7H20N2O3Si. The molecule has 0 saturated carbocycles. The summed E-state index contributed by atoms with van der Waals surface area (Å²) in [5.41, 5.74) is 5.27. The second-order valence-corrected chi connectivity index (χ2v) is 5.17. The highest BCUT2D eigenvalue weighted by Gasteiger charge is 2.25. The topological polar surface area (TPSA) is 98.7 Å². The molecule has 0 rings (SSSR count). The van der Waals surface area contributed by atoms with Crippen LogP contribution < -0.4 is 11.1 Å². The molecule has 6 N–H and O–H groups in total. The summed E-state index contributed by atoms with van der Waals surface area (Å²) in [5.74, 6) is 0. The van der Waals surface area contributed by atoms with Gasteiger partial charge in [-0.15, -0.1) is 0 Å². The van der Waals surface area contributed by atoms with Crippen LogP contribution in [0, 0.1) is 0 Å². The highest BCUT2D eigenvalue weighted by molar-refractivity contribution is 6.56. The van der Waals surface area contributed by atoms with Gasteiger partial charge in [-0.3, -0.25) is 0 Å². The van der Waals surface area contributed by atoms with Gasteiger partial charge in [0.2, 0.25) is 0 Å². The molecule has 0 bridgehead atoms. The maximum Gasteiger partial charge on any atom is 0.492 e. The van der Waals surface area contributed by atoms with Crippen LogP contribution in [0.4, 0.5) is 0 Å². The van der Waals surface area contributed by atoms with Crippen LogP contribution in [-0.2, 0) is 0 Å². The summed E-state index contributed by atoms with van der Waals surface area (Å²) in [6.07, 6.45) is 2.54. The molecule has 0 aromatic rings. The molecule has 0 atom stereocenters. The maximum atomic E-state index is 8.68. The van der Waals surface area contributed by atoms with E-state index in [1.807, 2.05) is 0 Å². The Hall–Kier alpha value is 0.0169. The van der Waals surface area contributed by atoms with Gasteiger partial charge in [0.05, 0.1) is 0 Å². The van der Waals surface area contributed by atoms with Gasteiger partial charge in [-0.2, -0.15) is 0 Å². The van der Waals surface area contributed by atoms with E-state index in [1.54, 1.807) is 0 Å². The van der Waals surface area contributed by atoms with Crippen molar-refractivity contribution in [2.75, 3.05) is 19.6 Å². The molecule has 0 aromatic carbocycles. The first-order valence-electron chi connectivity index (χ1n) is 4.64. The molecule has 13 heavy (non-hydrogen) atoms. The van der Waals surface area contributed by atoms with Crippen LogP contribution in [0.5, 0.6) is 0 Å². The Morgan fingerprint density at radius 3 is 2.23 bits per heavy atom. The van der Waals surface area contributed by atoms with Gasteiger partial charge in [0, 0.05) is 19.1 Å². The fraction of sp³-hybridized carbons (Fsp3) is 1.00. The third kappa shape index (κ3) is 12.0. The Bertz CT molecular complexity index is 119. The van der Waals surface area contributed by atoms with Crippen LogP contribution in [0.1, 0.15) is 19.3 Å². The average molecular weight is 208 g/mol. The van der Waals surface area contributed by atoms with E-state index in [4.69, 9.17) is 20.1 Å². The van der Waals surface area contributed by atoms with Gasteiger partial charge < -0.3 is 25.4 Å². The first-order valence-corrected chi connectivity index (χ1v) is 6.69. The van der Waals surface area contributed by atoms with E-state index in [0.717, 1.165) is 25.9 Å². The van der Waals surface area contributed by atoms with Crippen molar-refractivity contribution in [1.82, 2.24) is 5.32 Å². The summed E-state index contributed by atoms with van der Waals surface area (Å²) in [4.78, 5) is 26.0. The van der Waals surface area contributed by atoms with Gasteiger partial charge in [0.25, 0.3) is 0 Å². The number of hydrogen-bond acceptors (Lipinski definition) is 5. The van der Waals surface area contributed by atoms with Crippen LogP contribution >= 0.6 is 0 Å². The summed E-state index contributed by atoms with van der Waals surface area (Å²) in [6.45, 7) is 2.35. The van der Waals surface area contributed by atoms with E-state index in [9.17, 15) is 0 Å². The third-order valence-electron chi connectivity index (χ3n) is 1.69. The van der Waals surface area contributed by atoms with Gasteiger partial charge in [0.1, 0.15) is 0 Å². The van der Waals surface area contributed by atoms with Crippen molar-refractivity contribution >= 4 is 8.80 Å². The molecule has 0 aliphatic heterocycles. The SMILES string of the molecule is NCCNCCCCC[Si](O)(O)O. The number of rotatable bonds is 8. The minimum Gasteiger partial charge on any atom is -0.390 e. The molecule has 0 heterocycles. The fourth-order valence-corrected chi connectivity index (χ4v) is 1.74. The molecule has 5 nitrogen and oxygen atoms in total. The van der Waals surface area contributed by atoms with Crippen molar-refractivity contribution in [3.05, 3.63) is 0 Å². The van der Waals surface area contributed by atoms with Crippen molar-refractivity contribution in [1.29, 1.82) is 0 Å². The summed E-state index contributed by atoms with van der Waals surface area (Å²) < 4.78 is 0. The van der Waals surface area contributed by atoms with E-state index < -0.39 is 8.80 Å². The van der Waals surface area contributed by atoms with Crippen molar-refractivity contribution in [3.63, 3.8) is 0 Å². The van der Waals surface area contributed by atoms with Crippen molar-refractivity contribution in [2.45, 2.75) is 25.3 Å². The Morgan fingerprint density at radius 1 is 1.00 bits per heavy atom. The standard InChI is InChI=1S/C7H20N2O3Si/c8-4-6-9-5-2-1-3-7-13(10,11)12/h9-12H,1-8H2. The van der Waals surface area contributed by atoms with E-state index >= 15 is 0 Å². The molecule has 0 unspecified atom stereocenters. The Kier molecular flexibility index (Phi) is 7.43. The number of unbranched alkanes of at least 4 members (excludes halogenated alkanes) is 2. The predicted molar refractivity (Wildman–Crippen MR) is 53.0 cm³/mol. The zero-order valence-corrected chi connectivity index (χ0v) is 8.87. The lowest BCUT2D eigenvalue weighted by molar-refractivity contribution is 0.226. The molecule has 80 valence electrons. The molecule has 0 aliphatic carbocycles. The maximum absolute atomic E-state index is 8.68. The lowest BCUT2D eigenvalue weighted by Gasteiger charge is -2.08. The zero-order valence-electron chi connectivity index (χ0n) is 7.87. The first-order chi connectivity index (χ1) is 6.06. The molecule has 0 saturated heterocycles. The fourth-order valence-electron chi connectivity index (χ4n) is 1.02. The molecule has 6 heteroatoms. The van der Waals surface area contributed by atoms with E-state index in [-0.39, 0.29) is 6.04 Å². The van der Waals surface area contributed by atoms with Gasteiger partial charge in [-0.05, 0) is 19.4 Å². The largest absolute Gasteiger partial charge is 0.492 e. The second-order valence-electron chi connectivity index (χ2n) is 3.12. The Balaban J connectivity index is 3.00. The van der Waals surface area contributed by atoms with E-state index in [1.165, 1.54) is 0 Å². The monoisotopic (exact) mass is 208 g/mol. The van der Waals surface area contributed by atoms with E-state index in [0.29, 0.717) is 13.0 Å². The van der Waals surface area contributed by atoms with E-state index in [2.05, 4.69) is 5.32 Å². The molecule has 0 aliphatic rings. The lowest BCUT2D eigenvalue weighted by Crippen LogP contribution is -2.34. The first kappa shape index (κ1) is 13.0. The van der Waals surface area contributed by atoms with Crippen LogP contribution in [0.2, 0.25) is 6.04 Å². The molecule has 0 aromatic heterocycles. The highest BCUT2D eigenvalue weighted by Crippen LogP contribution is 2.05. The second kappa shape index (κ2) is 7.42. The molecular weight excluding hydrogens is 188 g/mol. The van der Waals surface area contributed by atoms with Gasteiger partial charge >= 0.3 is 8.80 Å². The van der Waals surface area contributed by atoms with Gasteiger partial charge in [-0.25, -0.2) is 0 Å². The minimum absolute atomic E-state index is 0.143. The average Bonchev–Trinajstić information content (AvgIpc) is 2.01. The summed E-state index contributed by atoms with van der Waals surface area (Å²) in [5, 5.41) is 3.13. The Labute approximate surface area is 80.0 Å². The van der Waals surface area contributed by atoms with Crippen LogP contribution in [-0.4, -0.2) is 42.8 Å². The molecule has 0 amide bonds. The predicted octanol–water partition coefficient (Wildman–Crippen LogP) is -1.38. The molecule has 0 fully saturated rings. The number of hydrogen-bond donors (Lipinski definition) is 5. The summed E-state index contributed by atoms with van der Waals surface area (Å²) >= 11 is 0. The highest BCUT2D eigenvalue weighted by atomic mass is 28.4. The van der Waals surface area contributed by atoms with Crippen molar-refractivity contribution in [2.24, 2.45) is 5.73 Å². The van der Waals surface area contributed by atoms with Crippen molar-refractivity contribution < 1.29 is 14.4 Å². The van der Waals surface area contributed by atoms with Crippen LogP contribution in [0.25, 0.3) is 0 Å². The van der Waals surface area contributed by atoms with Gasteiger partial charge in [-0.1, -0.05) is 6.42 Å². The number of nitrogens with two attached hydrogens (primary N) is 1. The summed E-state index contributed by atoms with van der Waals surface area (Å²) in [6, 6.07) is 0.143. The molecule has 0 radical (unpaired) electrons. The minimum atomic E-state index is -3.77. The lowest BCUT2D eigenvalue weighted by atomic mass is 10.2. The van der Waals surface area contributed by atoms with Crippen molar-refractivity contribution in [3.8, 4) is 0 Å². The number of nitrogens with one attached hydrogen (secondary N) is 1. The Morgan fingerprint density at radius 2 is 1.69 bits per heavy atom.